The number of carbonyl (C=O) groups excluding carboxylic acids is 2. The van der Waals surface area contributed by atoms with E-state index in [2.05, 4.69) is 47.2 Å². The van der Waals surface area contributed by atoms with Crippen LogP contribution in [0.5, 0.6) is 0 Å². The van der Waals surface area contributed by atoms with Gasteiger partial charge >= 0.3 is 5.97 Å². The van der Waals surface area contributed by atoms with Gasteiger partial charge < -0.3 is 15.0 Å². The van der Waals surface area contributed by atoms with Crippen molar-refractivity contribution in [1.82, 2.24) is 4.90 Å². The third-order valence-corrected chi connectivity index (χ3v) is 5.64. The minimum absolute atomic E-state index is 0.112. The summed E-state index contributed by atoms with van der Waals surface area (Å²) in [5, 5.41) is 4.60. The molecule has 1 amide bonds. The minimum Gasteiger partial charge on any atom is -0.465 e. The van der Waals surface area contributed by atoms with Crippen LogP contribution in [-0.4, -0.2) is 56.6 Å². The van der Waals surface area contributed by atoms with E-state index in [0.29, 0.717) is 17.1 Å². The van der Waals surface area contributed by atoms with Crippen LogP contribution in [0.25, 0.3) is 0 Å². The minimum atomic E-state index is -0.428. The second-order valence-corrected chi connectivity index (χ2v) is 7.67. The first-order chi connectivity index (χ1) is 13.0. The van der Waals surface area contributed by atoms with Crippen molar-refractivity contribution in [3.05, 3.63) is 45.6 Å². The van der Waals surface area contributed by atoms with Crippen LogP contribution in [0, 0.1) is 13.8 Å². The summed E-state index contributed by atoms with van der Waals surface area (Å²) in [6, 6.07) is 8.25. The highest BCUT2D eigenvalue weighted by atomic mass is 32.1. The van der Waals surface area contributed by atoms with Gasteiger partial charge in [-0.15, -0.1) is 11.3 Å². The van der Waals surface area contributed by atoms with Gasteiger partial charge in [0.2, 0.25) is 5.91 Å². The molecule has 0 radical (unpaired) electrons. The van der Waals surface area contributed by atoms with Gasteiger partial charge in [0.15, 0.2) is 0 Å². The molecule has 0 saturated carbocycles. The van der Waals surface area contributed by atoms with Crippen molar-refractivity contribution in [1.29, 1.82) is 0 Å². The van der Waals surface area contributed by atoms with Gasteiger partial charge in [-0.2, -0.15) is 0 Å². The molecule has 1 aliphatic heterocycles. The zero-order chi connectivity index (χ0) is 19.4. The summed E-state index contributed by atoms with van der Waals surface area (Å²) in [7, 11) is 1.34. The maximum Gasteiger partial charge on any atom is 0.350 e. The molecular formula is C20H25N3O3S. The van der Waals surface area contributed by atoms with E-state index < -0.39 is 5.97 Å². The summed E-state index contributed by atoms with van der Waals surface area (Å²) in [6.45, 7) is 8.00. The van der Waals surface area contributed by atoms with Crippen molar-refractivity contribution in [2.24, 2.45) is 0 Å². The first-order valence-electron chi connectivity index (χ1n) is 8.98. The van der Waals surface area contributed by atoms with Crippen molar-refractivity contribution in [2.45, 2.75) is 13.8 Å². The zero-order valence-electron chi connectivity index (χ0n) is 15.9. The molecule has 0 aliphatic carbocycles. The lowest BCUT2D eigenvalue weighted by molar-refractivity contribution is -0.117. The third-order valence-electron chi connectivity index (χ3n) is 4.74. The number of esters is 1. The van der Waals surface area contributed by atoms with Gasteiger partial charge in [-0.1, -0.05) is 17.7 Å². The number of ether oxygens (including phenoxy) is 1. The molecule has 144 valence electrons. The number of hydrogen-bond acceptors (Lipinski definition) is 6. The first kappa shape index (κ1) is 19.4. The monoisotopic (exact) mass is 387 g/mol. The number of nitrogens with zero attached hydrogens (tertiary/aromatic N) is 2. The van der Waals surface area contributed by atoms with E-state index in [1.165, 1.54) is 35.3 Å². The Hall–Kier alpha value is -2.38. The Balaban J connectivity index is 1.52. The summed E-state index contributed by atoms with van der Waals surface area (Å²) in [5.74, 6) is -0.541. The summed E-state index contributed by atoms with van der Waals surface area (Å²) >= 11 is 1.26. The number of thiophene rings is 1. The van der Waals surface area contributed by atoms with Crippen molar-refractivity contribution in [2.75, 3.05) is 50.1 Å². The quantitative estimate of drug-likeness (QED) is 0.800. The molecule has 0 unspecified atom stereocenters. The molecule has 1 aromatic heterocycles. The maximum atomic E-state index is 12.4. The van der Waals surface area contributed by atoms with Crippen LogP contribution in [-0.2, 0) is 9.53 Å². The van der Waals surface area contributed by atoms with Gasteiger partial charge in [-0.05, 0) is 36.9 Å². The molecule has 0 spiro atoms. The lowest BCUT2D eigenvalue weighted by Crippen LogP contribution is -2.48. The molecule has 3 rings (SSSR count). The molecule has 1 aromatic carbocycles. The van der Waals surface area contributed by atoms with Gasteiger partial charge in [-0.25, -0.2) is 4.79 Å². The van der Waals surface area contributed by atoms with Crippen LogP contribution in [0.2, 0.25) is 0 Å². The zero-order valence-corrected chi connectivity index (χ0v) is 16.8. The van der Waals surface area contributed by atoms with E-state index in [9.17, 15) is 9.59 Å². The van der Waals surface area contributed by atoms with Crippen LogP contribution >= 0.6 is 11.3 Å². The smallest absolute Gasteiger partial charge is 0.350 e. The number of nitrogens with one attached hydrogen (secondary N) is 1. The fourth-order valence-corrected chi connectivity index (χ4v) is 4.12. The average Bonchev–Trinajstić information content (AvgIpc) is 3.10. The van der Waals surface area contributed by atoms with E-state index >= 15 is 0 Å². The second kappa shape index (κ2) is 8.54. The Bertz CT molecular complexity index is 826. The van der Waals surface area contributed by atoms with E-state index in [1.54, 1.807) is 11.4 Å². The Morgan fingerprint density at radius 1 is 1.15 bits per heavy atom. The SMILES string of the molecule is COC(=O)c1sccc1NC(=O)CN1CCN(c2ccc(C)cc2C)CC1. The molecule has 1 saturated heterocycles. The van der Waals surface area contributed by atoms with Crippen LogP contribution < -0.4 is 10.2 Å². The Kier molecular flexibility index (Phi) is 6.13. The number of benzene rings is 1. The largest absolute Gasteiger partial charge is 0.465 e. The standard InChI is InChI=1S/C20H25N3O3S/c1-14-4-5-17(15(2)12-14)23-9-7-22(8-10-23)13-18(24)21-16-6-11-27-19(16)20(25)26-3/h4-6,11-12H,7-10,13H2,1-3H3,(H,21,24). The second-order valence-electron chi connectivity index (χ2n) is 6.76. The highest BCUT2D eigenvalue weighted by Crippen LogP contribution is 2.24. The van der Waals surface area contributed by atoms with Crippen LogP contribution in [0.3, 0.4) is 0 Å². The molecule has 2 heterocycles. The highest BCUT2D eigenvalue weighted by molar-refractivity contribution is 7.12. The van der Waals surface area contributed by atoms with Gasteiger partial charge in [0, 0.05) is 31.9 Å². The third kappa shape index (κ3) is 4.67. The molecule has 0 bridgehead atoms. The number of methoxy groups -OCH3 is 1. The van der Waals surface area contributed by atoms with E-state index in [1.807, 2.05) is 0 Å². The van der Waals surface area contributed by atoms with E-state index in [-0.39, 0.29) is 5.91 Å². The molecule has 27 heavy (non-hydrogen) atoms. The molecular weight excluding hydrogens is 362 g/mol. The Labute approximate surface area is 163 Å². The van der Waals surface area contributed by atoms with E-state index in [0.717, 1.165) is 26.2 Å². The summed E-state index contributed by atoms with van der Waals surface area (Å²) in [4.78, 5) is 29.0. The number of amides is 1. The number of piperazine rings is 1. The Morgan fingerprint density at radius 3 is 2.56 bits per heavy atom. The van der Waals surface area contributed by atoms with Crippen molar-refractivity contribution in [3.8, 4) is 0 Å². The first-order valence-corrected chi connectivity index (χ1v) is 9.86. The van der Waals surface area contributed by atoms with Gasteiger partial charge in [0.1, 0.15) is 4.88 Å². The molecule has 6 nitrogen and oxygen atoms in total. The van der Waals surface area contributed by atoms with Crippen molar-refractivity contribution >= 4 is 34.6 Å². The summed E-state index contributed by atoms with van der Waals surface area (Å²) in [5.41, 5.74) is 4.34. The molecule has 1 aliphatic rings. The van der Waals surface area contributed by atoms with Gasteiger partial charge in [0.25, 0.3) is 0 Å². The number of aryl methyl sites for hydroxylation is 2. The van der Waals surface area contributed by atoms with Crippen LogP contribution in [0.15, 0.2) is 29.6 Å². The predicted octanol–water partition coefficient (Wildman–Crippen LogP) is 2.91. The van der Waals surface area contributed by atoms with Gasteiger partial charge in [-0.3, -0.25) is 9.69 Å². The topological polar surface area (TPSA) is 61.9 Å². The van der Waals surface area contributed by atoms with E-state index in [4.69, 9.17) is 4.74 Å². The Morgan fingerprint density at radius 2 is 1.89 bits per heavy atom. The maximum absolute atomic E-state index is 12.4. The van der Waals surface area contributed by atoms with Gasteiger partial charge in [0.05, 0.1) is 19.3 Å². The number of rotatable bonds is 5. The predicted molar refractivity (Wildman–Crippen MR) is 109 cm³/mol. The van der Waals surface area contributed by atoms with Crippen LogP contribution in [0.1, 0.15) is 20.8 Å². The fourth-order valence-electron chi connectivity index (χ4n) is 3.36. The molecule has 0 atom stereocenters. The molecule has 7 heteroatoms. The molecule has 2 aromatic rings. The lowest BCUT2D eigenvalue weighted by Gasteiger charge is -2.36. The summed E-state index contributed by atoms with van der Waals surface area (Å²) < 4.78 is 4.74. The fraction of sp³-hybridized carbons (Fsp3) is 0.400. The van der Waals surface area contributed by atoms with Crippen molar-refractivity contribution < 1.29 is 14.3 Å². The lowest BCUT2D eigenvalue weighted by atomic mass is 10.1. The van der Waals surface area contributed by atoms with Crippen LogP contribution in [0.4, 0.5) is 11.4 Å². The number of anilines is 2. The highest BCUT2D eigenvalue weighted by Gasteiger charge is 2.21. The average molecular weight is 388 g/mol. The molecule has 1 fully saturated rings. The van der Waals surface area contributed by atoms with Crippen molar-refractivity contribution in [3.63, 3.8) is 0 Å². The number of carbonyl (C=O) groups is 2. The molecule has 1 N–H and O–H groups in total. The summed E-state index contributed by atoms with van der Waals surface area (Å²) in [6.07, 6.45) is 0. The number of hydrogen-bond donors (Lipinski definition) is 1. The normalized spacial score (nSPS) is 14.9.